The van der Waals surface area contributed by atoms with Crippen molar-refractivity contribution in [1.82, 2.24) is 14.7 Å². The van der Waals surface area contributed by atoms with E-state index in [2.05, 4.69) is 53.5 Å². The lowest BCUT2D eigenvalue weighted by Gasteiger charge is -2.26. The van der Waals surface area contributed by atoms with Gasteiger partial charge in [-0.1, -0.05) is 30.3 Å². The van der Waals surface area contributed by atoms with Crippen LogP contribution in [0.2, 0.25) is 0 Å². The summed E-state index contributed by atoms with van der Waals surface area (Å²) in [5.41, 5.74) is 9.88. The van der Waals surface area contributed by atoms with E-state index in [1.54, 1.807) is 0 Å². The summed E-state index contributed by atoms with van der Waals surface area (Å²) in [5.74, 6) is 0.622. The minimum Gasteiger partial charge on any atom is -0.329 e. The van der Waals surface area contributed by atoms with Gasteiger partial charge in [-0.05, 0) is 31.4 Å². The Labute approximate surface area is 126 Å². The topological polar surface area (TPSA) is 47.1 Å². The smallest absolute Gasteiger partial charge is 0.0641 e. The fourth-order valence-electron chi connectivity index (χ4n) is 3.49. The fourth-order valence-corrected chi connectivity index (χ4v) is 3.49. The Bertz CT molecular complexity index is 590. The van der Waals surface area contributed by atoms with E-state index in [0.717, 1.165) is 18.8 Å². The van der Waals surface area contributed by atoms with Crippen LogP contribution in [0.1, 0.15) is 35.2 Å². The average Bonchev–Trinajstić information content (AvgIpc) is 3.09. The molecule has 1 saturated heterocycles. The van der Waals surface area contributed by atoms with Gasteiger partial charge in [-0.2, -0.15) is 5.10 Å². The number of nitrogens with two attached hydrogens (primary N) is 1. The molecule has 3 rings (SSSR count). The molecule has 2 unspecified atom stereocenters. The number of aromatic nitrogens is 2. The molecule has 1 aromatic carbocycles. The minimum absolute atomic E-state index is 0.285. The van der Waals surface area contributed by atoms with E-state index >= 15 is 0 Å². The standard InChI is InChI=1S/C17H24N4/c1-13-16(12-20(2)19-13)17(10-18)21-9-8-15(11-21)14-6-4-3-5-7-14/h3-7,12,15,17H,8-11,18H2,1-2H3. The lowest BCUT2D eigenvalue weighted by Crippen LogP contribution is -2.32. The molecule has 4 heteroatoms. The predicted molar refractivity (Wildman–Crippen MR) is 85.1 cm³/mol. The monoisotopic (exact) mass is 284 g/mol. The van der Waals surface area contributed by atoms with Gasteiger partial charge in [0.05, 0.1) is 11.7 Å². The van der Waals surface area contributed by atoms with E-state index in [1.807, 2.05) is 11.7 Å². The van der Waals surface area contributed by atoms with Crippen LogP contribution in [0, 0.1) is 6.92 Å². The molecule has 1 aliphatic rings. The summed E-state index contributed by atoms with van der Waals surface area (Å²) in [7, 11) is 1.97. The van der Waals surface area contributed by atoms with Crippen molar-refractivity contribution in [2.45, 2.75) is 25.3 Å². The number of hydrogen-bond acceptors (Lipinski definition) is 3. The van der Waals surface area contributed by atoms with Crippen molar-refractivity contribution in [1.29, 1.82) is 0 Å². The molecule has 2 atom stereocenters. The lowest BCUT2D eigenvalue weighted by atomic mass is 9.98. The van der Waals surface area contributed by atoms with Gasteiger partial charge in [0, 0.05) is 31.9 Å². The highest BCUT2D eigenvalue weighted by atomic mass is 15.3. The highest BCUT2D eigenvalue weighted by Crippen LogP contribution is 2.33. The Hall–Kier alpha value is -1.65. The van der Waals surface area contributed by atoms with Crippen LogP contribution in [0.25, 0.3) is 0 Å². The number of hydrogen-bond donors (Lipinski definition) is 1. The van der Waals surface area contributed by atoms with Crippen LogP contribution < -0.4 is 5.73 Å². The summed E-state index contributed by atoms with van der Waals surface area (Å²) in [6.07, 6.45) is 3.32. The third-order valence-electron chi connectivity index (χ3n) is 4.57. The van der Waals surface area contributed by atoms with E-state index in [-0.39, 0.29) is 6.04 Å². The molecule has 0 amide bonds. The van der Waals surface area contributed by atoms with Crippen molar-refractivity contribution in [2.24, 2.45) is 12.8 Å². The van der Waals surface area contributed by atoms with Gasteiger partial charge in [-0.3, -0.25) is 9.58 Å². The largest absolute Gasteiger partial charge is 0.329 e. The number of benzene rings is 1. The van der Waals surface area contributed by atoms with E-state index in [4.69, 9.17) is 5.73 Å². The summed E-state index contributed by atoms with van der Waals surface area (Å²) >= 11 is 0. The highest BCUT2D eigenvalue weighted by molar-refractivity contribution is 5.24. The molecule has 21 heavy (non-hydrogen) atoms. The molecule has 0 bridgehead atoms. The minimum atomic E-state index is 0.285. The third kappa shape index (κ3) is 2.87. The van der Waals surface area contributed by atoms with E-state index in [0.29, 0.717) is 12.5 Å². The average molecular weight is 284 g/mol. The van der Waals surface area contributed by atoms with Crippen LogP contribution in [0.5, 0.6) is 0 Å². The van der Waals surface area contributed by atoms with Crippen molar-refractivity contribution >= 4 is 0 Å². The van der Waals surface area contributed by atoms with E-state index in [9.17, 15) is 0 Å². The SMILES string of the molecule is Cc1nn(C)cc1C(CN)N1CCC(c2ccccc2)C1. The van der Waals surface area contributed by atoms with Gasteiger partial charge in [-0.15, -0.1) is 0 Å². The van der Waals surface area contributed by atoms with Gasteiger partial charge in [0.15, 0.2) is 0 Å². The third-order valence-corrected chi connectivity index (χ3v) is 4.57. The molecule has 1 aromatic heterocycles. The molecule has 0 saturated carbocycles. The van der Waals surface area contributed by atoms with Gasteiger partial charge in [0.2, 0.25) is 0 Å². The zero-order chi connectivity index (χ0) is 14.8. The first-order valence-electron chi connectivity index (χ1n) is 7.68. The summed E-state index contributed by atoms with van der Waals surface area (Å²) in [6, 6.07) is 11.1. The Morgan fingerprint density at radius 2 is 2.10 bits per heavy atom. The fraction of sp³-hybridized carbons (Fsp3) is 0.471. The van der Waals surface area contributed by atoms with Gasteiger partial charge >= 0.3 is 0 Å². The van der Waals surface area contributed by atoms with Gasteiger partial charge in [-0.25, -0.2) is 0 Å². The molecule has 1 aliphatic heterocycles. The van der Waals surface area contributed by atoms with Gasteiger partial charge in [0.1, 0.15) is 0 Å². The molecular weight excluding hydrogens is 260 g/mol. The van der Waals surface area contributed by atoms with Gasteiger partial charge < -0.3 is 5.73 Å². The van der Waals surface area contributed by atoms with Crippen LogP contribution in [0.3, 0.4) is 0 Å². The molecule has 2 aromatic rings. The molecule has 1 fully saturated rings. The summed E-state index contributed by atoms with van der Waals surface area (Å²) in [6.45, 7) is 4.91. The normalized spacial score (nSPS) is 20.8. The molecule has 0 aliphatic carbocycles. The van der Waals surface area contributed by atoms with Crippen molar-refractivity contribution in [3.63, 3.8) is 0 Å². The zero-order valence-corrected chi connectivity index (χ0v) is 12.9. The van der Waals surface area contributed by atoms with Crippen LogP contribution in [-0.2, 0) is 7.05 Å². The lowest BCUT2D eigenvalue weighted by molar-refractivity contribution is 0.247. The second-order valence-corrected chi connectivity index (χ2v) is 5.99. The van der Waals surface area contributed by atoms with E-state index < -0.39 is 0 Å². The van der Waals surface area contributed by atoms with Crippen molar-refractivity contribution in [2.75, 3.05) is 19.6 Å². The Balaban J connectivity index is 1.76. The van der Waals surface area contributed by atoms with Crippen LogP contribution in [0.4, 0.5) is 0 Å². The first-order valence-corrected chi connectivity index (χ1v) is 7.68. The van der Waals surface area contributed by atoms with Crippen LogP contribution in [0.15, 0.2) is 36.5 Å². The maximum absolute atomic E-state index is 6.07. The maximum atomic E-state index is 6.07. The first-order chi connectivity index (χ1) is 10.2. The highest BCUT2D eigenvalue weighted by Gasteiger charge is 2.30. The Kier molecular flexibility index (Phi) is 4.08. The second kappa shape index (κ2) is 6.00. The van der Waals surface area contributed by atoms with Crippen molar-refractivity contribution in [3.8, 4) is 0 Å². The molecule has 112 valence electrons. The van der Waals surface area contributed by atoms with Crippen LogP contribution in [-0.4, -0.2) is 34.3 Å². The maximum Gasteiger partial charge on any atom is 0.0641 e. The Morgan fingerprint density at radius 3 is 2.71 bits per heavy atom. The summed E-state index contributed by atoms with van der Waals surface area (Å²) < 4.78 is 1.89. The first kappa shape index (κ1) is 14.3. The molecule has 0 spiro atoms. The number of aryl methyl sites for hydroxylation is 2. The number of likely N-dealkylation sites (tertiary alicyclic amines) is 1. The summed E-state index contributed by atoms with van der Waals surface area (Å²) in [4.78, 5) is 2.52. The summed E-state index contributed by atoms with van der Waals surface area (Å²) in [5, 5.41) is 4.46. The second-order valence-electron chi connectivity index (χ2n) is 5.99. The molecule has 2 N–H and O–H groups in total. The zero-order valence-electron chi connectivity index (χ0n) is 12.9. The number of rotatable bonds is 4. The van der Waals surface area contributed by atoms with Crippen molar-refractivity contribution < 1.29 is 0 Å². The molecular formula is C17H24N4. The predicted octanol–water partition coefficient (Wildman–Crippen LogP) is 2.22. The molecule has 4 nitrogen and oxygen atoms in total. The Morgan fingerprint density at radius 1 is 1.33 bits per heavy atom. The number of nitrogens with zero attached hydrogens (tertiary/aromatic N) is 3. The van der Waals surface area contributed by atoms with Crippen LogP contribution >= 0.6 is 0 Å². The van der Waals surface area contributed by atoms with E-state index in [1.165, 1.54) is 17.5 Å². The van der Waals surface area contributed by atoms with Gasteiger partial charge in [0.25, 0.3) is 0 Å². The molecule has 2 heterocycles. The molecule has 0 radical (unpaired) electrons. The quantitative estimate of drug-likeness (QED) is 0.936. The van der Waals surface area contributed by atoms with Crippen molar-refractivity contribution in [3.05, 3.63) is 53.3 Å².